The molecule has 0 fully saturated rings. The number of carbonyl (C=O) groups excluding carboxylic acids is 2. The highest BCUT2D eigenvalue weighted by molar-refractivity contribution is 5.95. The van der Waals surface area contributed by atoms with Crippen LogP contribution >= 0.6 is 0 Å². The molecule has 0 bridgehead atoms. The number of nitrogens with zero attached hydrogens (tertiary/aromatic N) is 1. The van der Waals surface area contributed by atoms with Gasteiger partial charge in [-0.3, -0.25) is 19.7 Å². The van der Waals surface area contributed by atoms with Crippen LogP contribution in [0.15, 0.2) is 48.5 Å². The number of rotatable bonds is 8. The van der Waals surface area contributed by atoms with Gasteiger partial charge in [0.25, 0.3) is 11.6 Å². The van der Waals surface area contributed by atoms with Crippen molar-refractivity contribution in [2.24, 2.45) is 5.92 Å². The summed E-state index contributed by atoms with van der Waals surface area (Å²) in [5, 5.41) is 16.2. The van der Waals surface area contributed by atoms with Crippen LogP contribution in [-0.4, -0.2) is 22.8 Å². The summed E-state index contributed by atoms with van der Waals surface area (Å²) in [7, 11) is 0. The minimum absolute atomic E-state index is 0.0509. The van der Waals surface area contributed by atoms with E-state index in [0.717, 1.165) is 0 Å². The van der Waals surface area contributed by atoms with Crippen LogP contribution in [0.25, 0.3) is 0 Å². The van der Waals surface area contributed by atoms with Crippen molar-refractivity contribution in [1.29, 1.82) is 0 Å². The minimum atomic E-state index is -0.799. The van der Waals surface area contributed by atoms with E-state index in [1.165, 1.54) is 24.3 Å². The zero-order valence-corrected chi connectivity index (χ0v) is 16.0. The van der Waals surface area contributed by atoms with Gasteiger partial charge in [0.15, 0.2) is 6.10 Å². The van der Waals surface area contributed by atoms with Gasteiger partial charge in [0, 0.05) is 29.9 Å². The molecular weight excluding hydrogens is 362 g/mol. The van der Waals surface area contributed by atoms with E-state index in [1.807, 2.05) is 13.8 Å². The zero-order chi connectivity index (χ0) is 20.7. The van der Waals surface area contributed by atoms with Crippen LogP contribution in [-0.2, 0) is 9.59 Å². The number of ether oxygens (including phenoxy) is 1. The molecule has 2 aromatic carbocycles. The maximum absolute atomic E-state index is 12.3. The molecule has 28 heavy (non-hydrogen) atoms. The third-order valence-corrected chi connectivity index (χ3v) is 3.76. The Labute approximate surface area is 163 Å². The third-order valence-electron chi connectivity index (χ3n) is 3.76. The summed E-state index contributed by atoms with van der Waals surface area (Å²) >= 11 is 0. The zero-order valence-electron chi connectivity index (χ0n) is 16.0. The van der Waals surface area contributed by atoms with Gasteiger partial charge in [0.1, 0.15) is 5.75 Å². The molecule has 2 aromatic rings. The van der Waals surface area contributed by atoms with Crippen molar-refractivity contribution in [2.75, 3.05) is 10.6 Å². The first kappa shape index (κ1) is 20.9. The molecule has 148 valence electrons. The van der Waals surface area contributed by atoms with Crippen LogP contribution in [0.1, 0.15) is 27.2 Å². The Bertz CT molecular complexity index is 832. The SMILES string of the molecule is CC(C)CC(=O)Nc1ccc(NC(=O)C(C)Oc2ccc([N+](=O)[O-])cc2)cc1. The monoisotopic (exact) mass is 385 g/mol. The maximum Gasteiger partial charge on any atom is 0.269 e. The molecule has 1 unspecified atom stereocenters. The highest BCUT2D eigenvalue weighted by Crippen LogP contribution is 2.19. The average molecular weight is 385 g/mol. The number of hydrogen-bond acceptors (Lipinski definition) is 5. The van der Waals surface area contributed by atoms with Gasteiger partial charge in [0.2, 0.25) is 5.91 Å². The minimum Gasteiger partial charge on any atom is -0.481 e. The van der Waals surface area contributed by atoms with Gasteiger partial charge in [-0.15, -0.1) is 0 Å². The molecule has 0 saturated carbocycles. The summed E-state index contributed by atoms with van der Waals surface area (Å²) in [6.07, 6.45) is -0.359. The lowest BCUT2D eigenvalue weighted by Gasteiger charge is -2.15. The number of hydrogen-bond donors (Lipinski definition) is 2. The van der Waals surface area contributed by atoms with Gasteiger partial charge in [0.05, 0.1) is 4.92 Å². The van der Waals surface area contributed by atoms with Crippen molar-refractivity contribution in [3.63, 3.8) is 0 Å². The average Bonchev–Trinajstić information content (AvgIpc) is 2.63. The highest BCUT2D eigenvalue weighted by atomic mass is 16.6. The predicted octanol–water partition coefficient (Wildman–Crippen LogP) is 3.99. The molecule has 8 heteroatoms. The van der Waals surface area contributed by atoms with Crippen molar-refractivity contribution in [1.82, 2.24) is 0 Å². The fourth-order valence-corrected chi connectivity index (χ4v) is 2.37. The Morgan fingerprint density at radius 3 is 2.00 bits per heavy atom. The Morgan fingerprint density at radius 1 is 0.964 bits per heavy atom. The molecule has 0 aromatic heterocycles. The first-order valence-corrected chi connectivity index (χ1v) is 8.86. The van der Waals surface area contributed by atoms with E-state index >= 15 is 0 Å². The third kappa shape index (κ3) is 6.39. The van der Waals surface area contributed by atoms with Crippen molar-refractivity contribution in [3.8, 4) is 5.75 Å². The Balaban J connectivity index is 1.89. The normalized spacial score (nSPS) is 11.6. The molecule has 2 amide bonds. The smallest absolute Gasteiger partial charge is 0.269 e. The summed E-state index contributed by atoms with van der Waals surface area (Å²) in [5.41, 5.74) is 1.16. The van der Waals surface area contributed by atoms with Crippen molar-refractivity contribution >= 4 is 28.9 Å². The van der Waals surface area contributed by atoms with E-state index in [2.05, 4.69) is 10.6 Å². The molecule has 1 atom stereocenters. The molecular formula is C20H23N3O5. The topological polar surface area (TPSA) is 111 Å². The number of nitrogens with one attached hydrogen (secondary N) is 2. The maximum atomic E-state index is 12.3. The van der Waals surface area contributed by atoms with Crippen LogP contribution in [0.4, 0.5) is 17.1 Å². The molecule has 0 aliphatic rings. The summed E-state index contributed by atoms with van der Waals surface area (Å²) in [6.45, 7) is 5.52. The number of nitro groups is 1. The summed E-state index contributed by atoms with van der Waals surface area (Å²) in [6, 6.07) is 12.3. The number of benzene rings is 2. The second-order valence-corrected chi connectivity index (χ2v) is 6.72. The molecule has 0 saturated heterocycles. The second-order valence-electron chi connectivity index (χ2n) is 6.72. The van der Waals surface area contributed by atoms with Crippen molar-refractivity contribution in [3.05, 3.63) is 58.6 Å². The molecule has 0 spiro atoms. The first-order chi connectivity index (χ1) is 13.2. The largest absolute Gasteiger partial charge is 0.481 e. The van der Waals surface area contributed by atoms with E-state index in [9.17, 15) is 19.7 Å². The second kappa shape index (κ2) is 9.50. The van der Waals surface area contributed by atoms with Crippen LogP contribution < -0.4 is 15.4 Å². The van der Waals surface area contributed by atoms with Crippen LogP contribution in [0, 0.1) is 16.0 Å². The van der Waals surface area contributed by atoms with E-state index < -0.39 is 11.0 Å². The summed E-state index contributed by atoms with van der Waals surface area (Å²) in [4.78, 5) is 34.2. The van der Waals surface area contributed by atoms with Gasteiger partial charge in [-0.1, -0.05) is 13.8 Å². The number of anilines is 2. The van der Waals surface area contributed by atoms with E-state index in [1.54, 1.807) is 31.2 Å². The van der Waals surface area contributed by atoms with Gasteiger partial charge >= 0.3 is 0 Å². The van der Waals surface area contributed by atoms with Gasteiger partial charge in [-0.2, -0.15) is 0 Å². The number of amides is 2. The fraction of sp³-hybridized carbons (Fsp3) is 0.300. The van der Waals surface area contributed by atoms with Gasteiger partial charge in [-0.25, -0.2) is 0 Å². The summed E-state index contributed by atoms with van der Waals surface area (Å²) in [5.74, 6) is 0.208. The predicted molar refractivity (Wildman–Crippen MR) is 106 cm³/mol. The molecule has 0 aliphatic heterocycles. The van der Waals surface area contributed by atoms with Gasteiger partial charge < -0.3 is 15.4 Å². The van der Waals surface area contributed by atoms with Crippen molar-refractivity contribution < 1.29 is 19.2 Å². The fourth-order valence-electron chi connectivity index (χ4n) is 2.37. The van der Waals surface area contributed by atoms with Crippen molar-refractivity contribution in [2.45, 2.75) is 33.3 Å². The number of nitro benzene ring substituents is 1. The molecule has 0 aliphatic carbocycles. The van der Waals surface area contributed by atoms with E-state index in [-0.39, 0.29) is 23.4 Å². The molecule has 0 heterocycles. The number of carbonyl (C=O) groups is 2. The van der Waals surface area contributed by atoms with Gasteiger partial charge in [-0.05, 0) is 49.2 Å². The highest BCUT2D eigenvalue weighted by Gasteiger charge is 2.16. The Morgan fingerprint density at radius 2 is 1.50 bits per heavy atom. The molecule has 2 rings (SSSR count). The van der Waals surface area contributed by atoms with E-state index in [0.29, 0.717) is 23.5 Å². The number of non-ortho nitro benzene ring substituents is 1. The lowest BCUT2D eigenvalue weighted by Crippen LogP contribution is -2.30. The summed E-state index contributed by atoms with van der Waals surface area (Å²) < 4.78 is 5.50. The lowest BCUT2D eigenvalue weighted by atomic mass is 10.1. The molecule has 2 N–H and O–H groups in total. The first-order valence-electron chi connectivity index (χ1n) is 8.86. The van der Waals surface area contributed by atoms with Crippen LogP contribution in [0.5, 0.6) is 5.75 Å². The molecule has 8 nitrogen and oxygen atoms in total. The van der Waals surface area contributed by atoms with E-state index in [4.69, 9.17) is 4.74 Å². The quantitative estimate of drug-likeness (QED) is 0.527. The Kier molecular flexibility index (Phi) is 7.08. The molecule has 0 radical (unpaired) electrons. The lowest BCUT2D eigenvalue weighted by molar-refractivity contribution is -0.384. The standard InChI is InChI=1S/C20H23N3O5/c1-13(2)12-19(24)21-15-4-6-16(7-5-15)22-20(25)14(3)28-18-10-8-17(9-11-18)23(26)27/h4-11,13-14H,12H2,1-3H3,(H,21,24)(H,22,25). The van der Waals surface area contributed by atoms with Crippen LogP contribution in [0.3, 0.4) is 0 Å². The van der Waals surface area contributed by atoms with Crippen LogP contribution in [0.2, 0.25) is 0 Å². The Hall–Kier alpha value is -3.42.